The third-order valence-corrected chi connectivity index (χ3v) is 1.10. The largest absolute Gasteiger partial charge is 0.257 e. The van der Waals surface area contributed by atoms with Crippen molar-refractivity contribution in [1.82, 2.24) is 22.0 Å². The molecule has 0 aromatic carbocycles. The van der Waals surface area contributed by atoms with Crippen LogP contribution >= 0.6 is 0 Å². The van der Waals surface area contributed by atoms with Crippen molar-refractivity contribution in [2.24, 2.45) is 16.9 Å². The van der Waals surface area contributed by atoms with E-state index in [1.165, 1.54) is 0 Å². The Labute approximate surface area is 64.9 Å². The molecule has 1 atom stereocenters. The molecule has 11 heavy (non-hydrogen) atoms. The Morgan fingerprint density at radius 1 is 1.36 bits per heavy atom. The molecule has 0 spiro atoms. The van der Waals surface area contributed by atoms with Crippen LogP contribution < -0.4 is 27.9 Å². The van der Waals surface area contributed by atoms with Gasteiger partial charge in [-0.25, -0.2) is 5.43 Å². The Hall–Kier alpha value is -0.600. The Kier molecular flexibility index (Phi) is 5.80. The van der Waals surface area contributed by atoms with E-state index in [1.807, 2.05) is 13.8 Å². The number of hydrogen-bond donors (Lipinski definition) is 5. The van der Waals surface area contributed by atoms with Gasteiger partial charge in [-0.15, -0.1) is 4.91 Å². The molecule has 0 aliphatic rings. The van der Waals surface area contributed by atoms with Gasteiger partial charge in [-0.05, 0) is 11.1 Å². The number of nitrogens with one attached hydrogen (secondary N) is 4. The lowest BCUT2D eigenvalue weighted by atomic mass is 10.2. The van der Waals surface area contributed by atoms with Gasteiger partial charge in [0.25, 0.3) is 0 Å². The SMILES string of the molecule is CC(C)C(N=O)NNNNN. The van der Waals surface area contributed by atoms with Crippen molar-refractivity contribution < 1.29 is 0 Å². The first kappa shape index (κ1) is 10.4. The standard InChI is InChI=1S/C4H14N6O/c1-3(2)4(7-11)6-9-10-8-5/h3-4,6,8-10H,5H2,1-2H3. The topological polar surface area (TPSA) is 104 Å². The Balaban J connectivity index is 3.44. The minimum Gasteiger partial charge on any atom is -0.257 e. The Bertz CT molecular complexity index is 107. The number of rotatable bonds is 6. The van der Waals surface area contributed by atoms with Crippen molar-refractivity contribution in [1.29, 1.82) is 0 Å². The lowest BCUT2D eigenvalue weighted by Crippen LogP contribution is -2.56. The quantitative estimate of drug-likeness (QED) is 0.144. The summed E-state index contributed by atoms with van der Waals surface area (Å²) in [7, 11) is 0. The van der Waals surface area contributed by atoms with Gasteiger partial charge in [0, 0.05) is 0 Å². The zero-order valence-electron chi connectivity index (χ0n) is 6.59. The maximum absolute atomic E-state index is 10.1. The van der Waals surface area contributed by atoms with E-state index in [2.05, 4.69) is 27.2 Å². The van der Waals surface area contributed by atoms with E-state index in [1.54, 1.807) is 0 Å². The monoisotopic (exact) mass is 162 g/mol. The Morgan fingerprint density at radius 3 is 2.36 bits per heavy atom. The first-order valence-electron chi connectivity index (χ1n) is 3.26. The molecule has 0 heterocycles. The minimum absolute atomic E-state index is 0.125. The average molecular weight is 162 g/mol. The van der Waals surface area contributed by atoms with Gasteiger partial charge in [0.05, 0.1) is 0 Å². The Morgan fingerprint density at radius 2 is 2.00 bits per heavy atom. The van der Waals surface area contributed by atoms with E-state index in [0.29, 0.717) is 0 Å². The highest BCUT2D eigenvalue weighted by Gasteiger charge is 2.11. The third kappa shape index (κ3) is 4.76. The van der Waals surface area contributed by atoms with Crippen LogP contribution in [0.15, 0.2) is 5.18 Å². The van der Waals surface area contributed by atoms with Crippen molar-refractivity contribution in [3.05, 3.63) is 4.91 Å². The van der Waals surface area contributed by atoms with Gasteiger partial charge >= 0.3 is 0 Å². The molecule has 1 unspecified atom stereocenters. The van der Waals surface area contributed by atoms with Gasteiger partial charge < -0.3 is 0 Å². The van der Waals surface area contributed by atoms with E-state index in [-0.39, 0.29) is 5.92 Å². The van der Waals surface area contributed by atoms with Crippen LogP contribution in [0.5, 0.6) is 0 Å². The third-order valence-electron chi connectivity index (χ3n) is 1.10. The molecule has 0 aliphatic heterocycles. The van der Waals surface area contributed by atoms with Crippen LogP contribution in [0, 0.1) is 10.8 Å². The van der Waals surface area contributed by atoms with Gasteiger partial charge in [0.2, 0.25) is 0 Å². The number of nitrogens with two attached hydrogens (primary N) is 1. The van der Waals surface area contributed by atoms with Crippen molar-refractivity contribution in [3.8, 4) is 0 Å². The fourth-order valence-electron chi connectivity index (χ4n) is 0.461. The molecule has 6 N–H and O–H groups in total. The minimum atomic E-state index is -0.476. The molecule has 0 radical (unpaired) electrons. The van der Waals surface area contributed by atoms with Crippen LogP contribution in [0.3, 0.4) is 0 Å². The van der Waals surface area contributed by atoms with E-state index in [4.69, 9.17) is 5.84 Å². The fraction of sp³-hybridized carbons (Fsp3) is 1.00. The van der Waals surface area contributed by atoms with Crippen molar-refractivity contribution >= 4 is 0 Å². The smallest absolute Gasteiger partial charge is 0.157 e. The second kappa shape index (κ2) is 6.13. The van der Waals surface area contributed by atoms with Gasteiger partial charge in [-0.1, -0.05) is 13.8 Å². The van der Waals surface area contributed by atoms with E-state index in [0.717, 1.165) is 0 Å². The number of nitrogens with zero attached hydrogens (tertiary/aromatic N) is 1. The van der Waals surface area contributed by atoms with Gasteiger partial charge in [0.15, 0.2) is 6.17 Å². The molecule has 7 nitrogen and oxygen atoms in total. The van der Waals surface area contributed by atoms with Crippen LogP contribution in [-0.4, -0.2) is 6.17 Å². The van der Waals surface area contributed by atoms with E-state index in [9.17, 15) is 4.91 Å². The summed E-state index contributed by atoms with van der Waals surface area (Å²) >= 11 is 0. The molecule has 0 rings (SSSR count). The average Bonchev–Trinajstić information content (AvgIpc) is 1.97. The zero-order valence-corrected chi connectivity index (χ0v) is 6.59. The predicted octanol–water partition coefficient (Wildman–Crippen LogP) is -1.29. The van der Waals surface area contributed by atoms with Gasteiger partial charge in [-0.2, -0.15) is 16.6 Å². The van der Waals surface area contributed by atoms with Crippen molar-refractivity contribution in [2.45, 2.75) is 20.0 Å². The summed E-state index contributed by atoms with van der Waals surface area (Å²) in [4.78, 5) is 10.1. The second-order valence-corrected chi connectivity index (χ2v) is 2.33. The summed E-state index contributed by atoms with van der Waals surface area (Å²) in [6, 6.07) is 0. The second-order valence-electron chi connectivity index (χ2n) is 2.33. The summed E-state index contributed by atoms with van der Waals surface area (Å²) in [5.41, 5.74) is 9.48. The van der Waals surface area contributed by atoms with Crippen LogP contribution in [-0.2, 0) is 0 Å². The van der Waals surface area contributed by atoms with Crippen molar-refractivity contribution in [3.63, 3.8) is 0 Å². The molecule has 66 valence electrons. The van der Waals surface area contributed by atoms with E-state index < -0.39 is 6.17 Å². The normalized spacial score (nSPS) is 13.5. The highest BCUT2D eigenvalue weighted by Crippen LogP contribution is 1.99. The highest BCUT2D eigenvalue weighted by atomic mass is 16.3. The predicted molar refractivity (Wildman–Crippen MR) is 41.2 cm³/mol. The number of hydrogen-bond acceptors (Lipinski definition) is 7. The zero-order chi connectivity index (χ0) is 8.69. The first-order valence-corrected chi connectivity index (χ1v) is 3.26. The summed E-state index contributed by atoms with van der Waals surface area (Å²) < 4.78 is 0. The fourth-order valence-corrected chi connectivity index (χ4v) is 0.461. The molecule has 0 saturated carbocycles. The molecule has 0 bridgehead atoms. The van der Waals surface area contributed by atoms with Gasteiger partial charge in [0.1, 0.15) is 0 Å². The maximum Gasteiger partial charge on any atom is 0.157 e. The number of nitroso groups, excluding NO2 is 1. The highest BCUT2D eigenvalue weighted by molar-refractivity contribution is 4.62. The van der Waals surface area contributed by atoms with Crippen LogP contribution in [0.2, 0.25) is 0 Å². The molecule has 0 saturated heterocycles. The van der Waals surface area contributed by atoms with E-state index >= 15 is 0 Å². The molecule has 0 aromatic heterocycles. The molecule has 0 aliphatic carbocycles. The maximum atomic E-state index is 10.1. The molecular weight excluding hydrogens is 148 g/mol. The molecule has 7 heteroatoms. The molecule has 0 aromatic rings. The summed E-state index contributed by atoms with van der Waals surface area (Å²) in [5, 5.41) is 2.83. The van der Waals surface area contributed by atoms with Crippen LogP contribution in [0.1, 0.15) is 13.8 Å². The lowest BCUT2D eigenvalue weighted by Gasteiger charge is -2.15. The summed E-state index contributed by atoms with van der Waals surface area (Å²) in [6.45, 7) is 3.74. The first-order chi connectivity index (χ1) is 5.22. The lowest BCUT2D eigenvalue weighted by molar-refractivity contribution is 0.294. The number of hydrazine groups is 4. The summed E-state index contributed by atoms with van der Waals surface area (Å²) in [5.74, 6) is 4.98. The van der Waals surface area contributed by atoms with Gasteiger partial charge in [-0.3, -0.25) is 5.84 Å². The van der Waals surface area contributed by atoms with Crippen LogP contribution in [0.4, 0.5) is 0 Å². The van der Waals surface area contributed by atoms with Crippen molar-refractivity contribution in [2.75, 3.05) is 0 Å². The summed E-state index contributed by atoms with van der Waals surface area (Å²) in [6.07, 6.45) is -0.476. The molecule has 0 fully saturated rings. The van der Waals surface area contributed by atoms with Crippen LogP contribution in [0.25, 0.3) is 0 Å². The molecule has 0 amide bonds. The molecular formula is C4H14N6O.